The number of carbonyl (C=O) groups excluding carboxylic acids is 4. The van der Waals surface area contributed by atoms with Crippen LogP contribution >= 0.6 is 15.9 Å². The predicted molar refractivity (Wildman–Crippen MR) is 86.5 cm³/mol. The molecule has 0 atom stereocenters. The van der Waals surface area contributed by atoms with Crippen LogP contribution in [0.5, 0.6) is 0 Å². The van der Waals surface area contributed by atoms with Gasteiger partial charge < -0.3 is 5.32 Å². The van der Waals surface area contributed by atoms with Crippen LogP contribution in [0.4, 0.5) is 10.5 Å². The van der Waals surface area contributed by atoms with Crippen molar-refractivity contribution in [2.75, 3.05) is 18.4 Å². The average Bonchev–Trinajstić information content (AvgIpc) is 2.72. The highest BCUT2D eigenvalue weighted by atomic mass is 79.9. The zero-order valence-corrected chi connectivity index (χ0v) is 14.1. The van der Waals surface area contributed by atoms with Crippen molar-refractivity contribution in [3.63, 3.8) is 0 Å². The normalized spacial score (nSPS) is 14.6. The molecule has 23 heavy (non-hydrogen) atoms. The molecule has 1 aliphatic heterocycles. The first-order valence-electron chi connectivity index (χ1n) is 7.16. The Kier molecular flexibility index (Phi) is 5.49. The molecule has 0 saturated carbocycles. The Morgan fingerprint density at radius 1 is 1.09 bits per heavy atom. The van der Waals surface area contributed by atoms with Crippen molar-refractivity contribution in [1.29, 1.82) is 0 Å². The third-order valence-corrected chi connectivity index (χ3v) is 3.83. The second-order valence-electron chi connectivity index (χ2n) is 5.04. The Morgan fingerprint density at radius 3 is 2.30 bits per heavy atom. The summed E-state index contributed by atoms with van der Waals surface area (Å²) in [6.45, 7) is 1.61. The topological polar surface area (TPSA) is 86.8 Å². The van der Waals surface area contributed by atoms with Gasteiger partial charge in [-0.05, 0) is 30.7 Å². The van der Waals surface area contributed by atoms with E-state index in [0.29, 0.717) is 17.0 Å². The minimum atomic E-state index is -0.961. The molecule has 1 saturated heterocycles. The smallest absolute Gasteiger partial charge is 0.325 e. The zero-order valence-electron chi connectivity index (χ0n) is 12.5. The summed E-state index contributed by atoms with van der Waals surface area (Å²) in [7, 11) is 0. The summed E-state index contributed by atoms with van der Waals surface area (Å²) < 4.78 is 0.859. The van der Waals surface area contributed by atoms with Gasteiger partial charge in [0.2, 0.25) is 5.91 Å². The average molecular weight is 382 g/mol. The van der Waals surface area contributed by atoms with E-state index in [1.165, 1.54) is 0 Å². The van der Waals surface area contributed by atoms with Crippen LogP contribution in [0.25, 0.3) is 0 Å². The quantitative estimate of drug-likeness (QED) is 0.602. The highest BCUT2D eigenvalue weighted by Crippen LogP contribution is 2.16. The number of anilines is 1. The minimum Gasteiger partial charge on any atom is -0.325 e. The predicted octanol–water partition coefficient (Wildman–Crippen LogP) is 1.98. The summed E-state index contributed by atoms with van der Waals surface area (Å²) in [6.07, 6.45) is 1.40. The van der Waals surface area contributed by atoms with Crippen molar-refractivity contribution in [1.82, 2.24) is 9.80 Å². The van der Waals surface area contributed by atoms with Crippen molar-refractivity contribution in [2.24, 2.45) is 0 Å². The molecular formula is C15H16BrN3O4. The van der Waals surface area contributed by atoms with Gasteiger partial charge >= 0.3 is 17.8 Å². The van der Waals surface area contributed by atoms with E-state index in [0.717, 1.165) is 15.8 Å². The number of benzene rings is 1. The van der Waals surface area contributed by atoms with Gasteiger partial charge in [0.25, 0.3) is 0 Å². The molecule has 0 bridgehead atoms. The highest BCUT2D eigenvalue weighted by Gasteiger charge is 2.44. The lowest BCUT2D eigenvalue weighted by atomic mass is 10.3. The molecule has 7 nitrogen and oxygen atoms in total. The number of urea groups is 1. The van der Waals surface area contributed by atoms with Crippen LogP contribution in [-0.2, 0) is 14.4 Å². The lowest BCUT2D eigenvalue weighted by molar-refractivity contribution is -0.143. The van der Waals surface area contributed by atoms with E-state index in [1.807, 2.05) is 6.92 Å². The molecule has 0 spiro atoms. The van der Waals surface area contributed by atoms with E-state index < -0.39 is 30.3 Å². The van der Waals surface area contributed by atoms with Crippen molar-refractivity contribution in [2.45, 2.75) is 19.8 Å². The number of rotatable bonds is 6. The number of hydrogen-bond donors (Lipinski definition) is 1. The first-order valence-corrected chi connectivity index (χ1v) is 7.96. The van der Waals surface area contributed by atoms with E-state index in [2.05, 4.69) is 21.2 Å². The fourth-order valence-corrected chi connectivity index (χ4v) is 2.34. The Bertz CT molecular complexity index is 645. The van der Waals surface area contributed by atoms with Crippen LogP contribution in [0, 0.1) is 0 Å². The minimum absolute atomic E-state index is 0.185. The van der Waals surface area contributed by atoms with Crippen LogP contribution in [0.2, 0.25) is 0 Å². The second kappa shape index (κ2) is 7.36. The molecule has 8 heteroatoms. The van der Waals surface area contributed by atoms with E-state index in [1.54, 1.807) is 24.3 Å². The number of nitrogens with one attached hydrogen (secondary N) is 1. The number of imide groups is 2. The van der Waals surface area contributed by atoms with E-state index in [9.17, 15) is 19.2 Å². The Balaban J connectivity index is 2.00. The van der Waals surface area contributed by atoms with Gasteiger partial charge in [-0.15, -0.1) is 0 Å². The third-order valence-electron chi connectivity index (χ3n) is 3.30. The number of unbranched alkanes of at least 4 members (excludes halogenated alkanes) is 1. The molecular weight excluding hydrogens is 366 g/mol. The van der Waals surface area contributed by atoms with Crippen molar-refractivity contribution < 1.29 is 19.2 Å². The monoisotopic (exact) mass is 381 g/mol. The van der Waals surface area contributed by atoms with Crippen molar-refractivity contribution >= 4 is 45.4 Å². The maximum absolute atomic E-state index is 12.1. The molecule has 1 heterocycles. The van der Waals surface area contributed by atoms with Gasteiger partial charge in [0.15, 0.2) is 0 Å². The molecule has 1 fully saturated rings. The van der Waals surface area contributed by atoms with Crippen LogP contribution < -0.4 is 5.32 Å². The Hall–Kier alpha value is -2.22. The molecule has 1 aliphatic rings. The summed E-state index contributed by atoms with van der Waals surface area (Å²) in [5.74, 6) is -2.38. The largest absolute Gasteiger partial charge is 0.334 e. The third kappa shape index (κ3) is 3.95. The number of hydrogen-bond acceptors (Lipinski definition) is 4. The Morgan fingerprint density at radius 2 is 1.70 bits per heavy atom. The van der Waals surface area contributed by atoms with E-state index in [4.69, 9.17) is 0 Å². The maximum atomic E-state index is 12.1. The number of halogens is 1. The summed E-state index contributed by atoms with van der Waals surface area (Å²) in [6, 6.07) is 6.11. The molecule has 1 aromatic carbocycles. The molecule has 1 aromatic rings. The van der Waals surface area contributed by atoms with Crippen LogP contribution in [-0.4, -0.2) is 46.6 Å². The van der Waals surface area contributed by atoms with Gasteiger partial charge in [-0.1, -0.05) is 29.3 Å². The van der Waals surface area contributed by atoms with Crippen LogP contribution in [0.1, 0.15) is 19.8 Å². The molecule has 0 radical (unpaired) electrons. The highest BCUT2D eigenvalue weighted by molar-refractivity contribution is 9.10. The van der Waals surface area contributed by atoms with Crippen LogP contribution in [0.15, 0.2) is 28.7 Å². The molecule has 0 aromatic heterocycles. The first kappa shape index (κ1) is 17.1. The lowest BCUT2D eigenvalue weighted by Crippen LogP contribution is -2.39. The van der Waals surface area contributed by atoms with E-state index in [-0.39, 0.29) is 6.54 Å². The first-order chi connectivity index (χ1) is 10.9. The molecule has 0 unspecified atom stereocenters. The zero-order chi connectivity index (χ0) is 17.0. The number of nitrogens with zero attached hydrogens (tertiary/aromatic N) is 2. The number of carbonyl (C=O) groups is 4. The fourth-order valence-electron chi connectivity index (χ4n) is 2.08. The maximum Gasteiger partial charge on any atom is 0.334 e. The standard InChI is InChI=1S/C15H16BrN3O4/c1-2-3-8-18-13(21)14(22)19(15(18)23)9-12(20)17-11-6-4-10(16)5-7-11/h4-7H,2-3,8-9H2,1H3,(H,17,20). The summed E-state index contributed by atoms with van der Waals surface area (Å²) in [4.78, 5) is 49.3. The van der Waals surface area contributed by atoms with Gasteiger partial charge in [0.1, 0.15) is 6.54 Å². The molecule has 2 rings (SSSR count). The van der Waals surface area contributed by atoms with Gasteiger partial charge in [0.05, 0.1) is 0 Å². The number of amides is 5. The van der Waals surface area contributed by atoms with Crippen molar-refractivity contribution in [3.05, 3.63) is 28.7 Å². The van der Waals surface area contributed by atoms with Crippen LogP contribution in [0.3, 0.4) is 0 Å². The molecule has 0 aliphatic carbocycles. The van der Waals surface area contributed by atoms with Gasteiger partial charge in [0, 0.05) is 16.7 Å². The SMILES string of the molecule is CCCCN1C(=O)C(=O)N(CC(=O)Nc2ccc(Br)cc2)C1=O. The summed E-state index contributed by atoms with van der Waals surface area (Å²) in [5, 5.41) is 2.57. The Labute approximate surface area is 141 Å². The molecule has 122 valence electrons. The summed E-state index contributed by atoms with van der Waals surface area (Å²) in [5.41, 5.74) is 0.534. The van der Waals surface area contributed by atoms with Gasteiger partial charge in [-0.3, -0.25) is 19.3 Å². The van der Waals surface area contributed by atoms with Gasteiger partial charge in [-0.2, -0.15) is 0 Å². The fraction of sp³-hybridized carbons (Fsp3) is 0.333. The molecule has 1 N–H and O–H groups in total. The molecule has 5 amide bonds. The summed E-state index contributed by atoms with van der Waals surface area (Å²) >= 11 is 3.28. The lowest BCUT2D eigenvalue weighted by Gasteiger charge is -2.15. The van der Waals surface area contributed by atoms with Gasteiger partial charge in [-0.25, -0.2) is 9.69 Å². The van der Waals surface area contributed by atoms with E-state index >= 15 is 0 Å². The van der Waals surface area contributed by atoms with Crippen molar-refractivity contribution in [3.8, 4) is 0 Å². The second-order valence-corrected chi connectivity index (χ2v) is 5.95.